The number of anilines is 4. The summed E-state index contributed by atoms with van der Waals surface area (Å²) >= 11 is 0. The topological polar surface area (TPSA) is 24.1 Å². The second-order valence-corrected chi connectivity index (χ2v) is 3.84. The monoisotopic (exact) mass is 226 g/mol. The summed E-state index contributed by atoms with van der Waals surface area (Å²) in [6.45, 7) is 6.10. The van der Waals surface area contributed by atoms with E-state index < -0.39 is 0 Å². The fourth-order valence-electron chi connectivity index (χ4n) is 1.86. The Bertz CT molecular complexity index is 518. The zero-order chi connectivity index (χ0) is 12.3. The average Bonchev–Trinajstić information content (AvgIpc) is 2.38. The van der Waals surface area contributed by atoms with E-state index in [2.05, 4.69) is 47.9 Å². The number of nitrogens with one attached hydrogen (secondary N) is 2. The minimum absolute atomic E-state index is 1.13. The SMILES string of the molecule is CC.Cc1ccc2c(c1)Nc1ccccc1N2. The van der Waals surface area contributed by atoms with E-state index in [-0.39, 0.29) is 0 Å². The van der Waals surface area contributed by atoms with Crippen molar-refractivity contribution >= 4 is 22.7 Å². The summed E-state index contributed by atoms with van der Waals surface area (Å²) in [5.41, 5.74) is 5.82. The maximum Gasteiger partial charge on any atom is 0.0626 e. The lowest BCUT2D eigenvalue weighted by Gasteiger charge is -2.23. The summed E-state index contributed by atoms with van der Waals surface area (Å²) in [6, 6.07) is 14.6. The summed E-state index contributed by atoms with van der Waals surface area (Å²) in [5, 5.41) is 6.82. The van der Waals surface area contributed by atoms with Gasteiger partial charge in [0.2, 0.25) is 0 Å². The van der Waals surface area contributed by atoms with Crippen LogP contribution in [0.3, 0.4) is 0 Å². The summed E-state index contributed by atoms with van der Waals surface area (Å²) in [4.78, 5) is 0. The van der Waals surface area contributed by atoms with Gasteiger partial charge in [0, 0.05) is 0 Å². The van der Waals surface area contributed by atoms with Gasteiger partial charge in [0.05, 0.1) is 22.7 Å². The lowest BCUT2D eigenvalue weighted by Crippen LogP contribution is -2.05. The Kier molecular flexibility index (Phi) is 3.33. The molecule has 0 aliphatic carbocycles. The summed E-state index contributed by atoms with van der Waals surface area (Å²) in [5.74, 6) is 0. The van der Waals surface area contributed by atoms with Crippen LogP contribution in [0.2, 0.25) is 0 Å². The molecule has 0 spiro atoms. The largest absolute Gasteiger partial charge is 0.352 e. The average molecular weight is 226 g/mol. The Labute approximate surface area is 103 Å². The molecule has 0 radical (unpaired) electrons. The molecule has 0 amide bonds. The normalized spacial score (nSPS) is 11.0. The number of hydrogen-bond donors (Lipinski definition) is 2. The fourth-order valence-corrected chi connectivity index (χ4v) is 1.86. The second-order valence-electron chi connectivity index (χ2n) is 3.84. The summed E-state index contributed by atoms with van der Waals surface area (Å²) in [6.07, 6.45) is 0. The maximum atomic E-state index is 3.42. The standard InChI is InChI=1S/C13H12N2.C2H6/c1-9-6-7-12-13(8-9)15-11-5-3-2-4-10(11)14-12;1-2/h2-8,14-15H,1H3;1-2H3. The minimum Gasteiger partial charge on any atom is -0.352 e. The molecule has 3 rings (SSSR count). The van der Waals surface area contributed by atoms with E-state index in [0.29, 0.717) is 0 Å². The van der Waals surface area contributed by atoms with Gasteiger partial charge in [0.25, 0.3) is 0 Å². The number of hydrogen-bond acceptors (Lipinski definition) is 2. The molecule has 17 heavy (non-hydrogen) atoms. The molecule has 2 N–H and O–H groups in total. The molecule has 0 bridgehead atoms. The highest BCUT2D eigenvalue weighted by Crippen LogP contribution is 2.38. The van der Waals surface area contributed by atoms with Crippen LogP contribution in [0.1, 0.15) is 19.4 Å². The Balaban J connectivity index is 0.000000514. The van der Waals surface area contributed by atoms with Crippen molar-refractivity contribution in [2.24, 2.45) is 0 Å². The van der Waals surface area contributed by atoms with Crippen LogP contribution in [-0.4, -0.2) is 0 Å². The van der Waals surface area contributed by atoms with E-state index in [1.54, 1.807) is 0 Å². The van der Waals surface area contributed by atoms with Crippen molar-refractivity contribution in [2.75, 3.05) is 10.6 Å². The third-order valence-electron chi connectivity index (χ3n) is 2.64. The first-order valence-electron chi connectivity index (χ1n) is 6.07. The van der Waals surface area contributed by atoms with Gasteiger partial charge in [0.15, 0.2) is 0 Å². The third kappa shape index (κ3) is 2.26. The van der Waals surface area contributed by atoms with E-state index in [0.717, 1.165) is 22.7 Å². The highest BCUT2D eigenvalue weighted by Gasteiger charge is 2.12. The van der Waals surface area contributed by atoms with Crippen molar-refractivity contribution in [1.82, 2.24) is 0 Å². The minimum atomic E-state index is 1.13. The van der Waals surface area contributed by atoms with Crippen LogP contribution in [0.15, 0.2) is 42.5 Å². The second kappa shape index (κ2) is 4.91. The molecule has 1 aliphatic heterocycles. The molecule has 0 fully saturated rings. The predicted octanol–water partition coefficient (Wildman–Crippen LogP) is 4.82. The highest BCUT2D eigenvalue weighted by atomic mass is 15.0. The molecule has 1 aliphatic rings. The first kappa shape index (κ1) is 11.5. The quantitative estimate of drug-likeness (QED) is 0.574. The maximum absolute atomic E-state index is 3.42. The lowest BCUT2D eigenvalue weighted by atomic mass is 10.1. The van der Waals surface area contributed by atoms with E-state index in [4.69, 9.17) is 0 Å². The van der Waals surface area contributed by atoms with Crippen LogP contribution in [0.25, 0.3) is 0 Å². The van der Waals surface area contributed by atoms with Crippen LogP contribution in [0, 0.1) is 6.92 Å². The molecule has 0 saturated heterocycles. The zero-order valence-electron chi connectivity index (χ0n) is 10.5. The molecule has 0 unspecified atom stereocenters. The van der Waals surface area contributed by atoms with Gasteiger partial charge in [-0.2, -0.15) is 0 Å². The summed E-state index contributed by atoms with van der Waals surface area (Å²) in [7, 11) is 0. The van der Waals surface area contributed by atoms with Crippen molar-refractivity contribution in [2.45, 2.75) is 20.8 Å². The van der Waals surface area contributed by atoms with Crippen molar-refractivity contribution in [1.29, 1.82) is 0 Å². The van der Waals surface area contributed by atoms with Crippen LogP contribution >= 0.6 is 0 Å². The first-order chi connectivity index (χ1) is 8.33. The van der Waals surface area contributed by atoms with Crippen molar-refractivity contribution in [3.8, 4) is 0 Å². The van der Waals surface area contributed by atoms with E-state index in [1.807, 2.05) is 26.0 Å². The Morgan fingerprint density at radius 2 is 1.24 bits per heavy atom. The third-order valence-corrected chi connectivity index (χ3v) is 2.64. The van der Waals surface area contributed by atoms with Gasteiger partial charge in [-0.05, 0) is 36.8 Å². The Morgan fingerprint density at radius 1 is 0.706 bits per heavy atom. The lowest BCUT2D eigenvalue weighted by molar-refractivity contribution is 1.40. The van der Waals surface area contributed by atoms with Gasteiger partial charge < -0.3 is 10.6 Å². The predicted molar refractivity (Wildman–Crippen MR) is 75.5 cm³/mol. The smallest absolute Gasteiger partial charge is 0.0626 e. The van der Waals surface area contributed by atoms with Crippen molar-refractivity contribution < 1.29 is 0 Å². The number of rotatable bonds is 0. The molecule has 1 heterocycles. The molecule has 2 aromatic carbocycles. The van der Waals surface area contributed by atoms with Crippen LogP contribution in [0.4, 0.5) is 22.7 Å². The number of aryl methyl sites for hydroxylation is 1. The fraction of sp³-hybridized carbons (Fsp3) is 0.200. The Morgan fingerprint density at radius 3 is 1.88 bits per heavy atom. The molecular weight excluding hydrogens is 208 g/mol. The number of fused-ring (bicyclic) bond motifs is 2. The van der Waals surface area contributed by atoms with Crippen molar-refractivity contribution in [3.05, 3.63) is 48.0 Å². The van der Waals surface area contributed by atoms with Gasteiger partial charge in [-0.25, -0.2) is 0 Å². The highest BCUT2D eigenvalue weighted by molar-refractivity contribution is 5.90. The first-order valence-corrected chi connectivity index (χ1v) is 6.07. The van der Waals surface area contributed by atoms with Gasteiger partial charge in [0.1, 0.15) is 0 Å². The molecular formula is C15H18N2. The zero-order valence-corrected chi connectivity index (χ0v) is 10.5. The molecule has 2 aromatic rings. The van der Waals surface area contributed by atoms with Gasteiger partial charge in [-0.3, -0.25) is 0 Å². The molecule has 88 valence electrons. The van der Waals surface area contributed by atoms with E-state index >= 15 is 0 Å². The number of para-hydroxylation sites is 2. The summed E-state index contributed by atoms with van der Waals surface area (Å²) < 4.78 is 0. The molecule has 0 saturated carbocycles. The molecule has 2 nitrogen and oxygen atoms in total. The Hall–Kier alpha value is -1.96. The van der Waals surface area contributed by atoms with E-state index in [1.165, 1.54) is 5.56 Å². The van der Waals surface area contributed by atoms with E-state index in [9.17, 15) is 0 Å². The molecule has 0 atom stereocenters. The van der Waals surface area contributed by atoms with Crippen LogP contribution < -0.4 is 10.6 Å². The number of benzene rings is 2. The van der Waals surface area contributed by atoms with Gasteiger partial charge in [-0.15, -0.1) is 0 Å². The molecule has 0 aromatic heterocycles. The van der Waals surface area contributed by atoms with Crippen LogP contribution in [0.5, 0.6) is 0 Å². The molecule has 2 heteroatoms. The van der Waals surface area contributed by atoms with Gasteiger partial charge >= 0.3 is 0 Å². The van der Waals surface area contributed by atoms with Crippen LogP contribution in [-0.2, 0) is 0 Å². The van der Waals surface area contributed by atoms with Gasteiger partial charge in [-0.1, -0.05) is 32.0 Å². The van der Waals surface area contributed by atoms with Crippen molar-refractivity contribution in [3.63, 3.8) is 0 Å².